The van der Waals surface area contributed by atoms with Crippen LogP contribution in [0.25, 0.3) is 21.8 Å². The van der Waals surface area contributed by atoms with Crippen LogP contribution in [0.1, 0.15) is 5.56 Å². The fourth-order valence-electron chi connectivity index (χ4n) is 2.92. The number of aryl methyl sites for hydroxylation is 1. The minimum atomic E-state index is 0.928. The topological polar surface area (TPSA) is 4.93 Å². The van der Waals surface area contributed by atoms with Crippen LogP contribution in [-0.2, 0) is 5.88 Å². The van der Waals surface area contributed by atoms with E-state index in [0.29, 0.717) is 0 Å². The molecule has 1 aromatic heterocycles. The molecule has 0 aliphatic heterocycles. The summed E-state index contributed by atoms with van der Waals surface area (Å²) in [5.41, 5.74) is 3.92. The molecule has 4 aromatic rings. The van der Waals surface area contributed by atoms with Gasteiger partial charge in [0.05, 0.1) is 5.88 Å². The van der Waals surface area contributed by atoms with Crippen molar-refractivity contribution in [3.8, 4) is 0 Å². The van der Waals surface area contributed by atoms with Crippen molar-refractivity contribution in [1.82, 2.24) is 4.57 Å². The van der Waals surface area contributed by atoms with E-state index in [1.807, 2.05) is 11.8 Å². The highest BCUT2D eigenvalue weighted by molar-refractivity contribution is 7.98. The Hall–Kier alpha value is -2.19. The van der Waals surface area contributed by atoms with Crippen molar-refractivity contribution in [2.75, 3.05) is 0 Å². The molecule has 0 saturated heterocycles. The largest absolute Gasteiger partial charge is 0.330 e. The van der Waals surface area contributed by atoms with E-state index in [2.05, 4.69) is 84.3 Å². The fraction of sp³-hybridized carbons (Fsp3) is 0.100. The second-order valence-electron chi connectivity index (χ2n) is 5.55. The standard InChI is InChI=1S/C20H17NS/c1-15-10-12-16(13-11-15)22-14-21-19-8-4-2-6-17(19)18-7-3-5-9-20(18)21/h2-13H,14H2,1H3. The quantitative estimate of drug-likeness (QED) is 0.430. The average molecular weight is 303 g/mol. The lowest BCUT2D eigenvalue weighted by Gasteiger charge is -2.07. The van der Waals surface area contributed by atoms with E-state index < -0.39 is 0 Å². The number of rotatable bonds is 3. The van der Waals surface area contributed by atoms with Crippen molar-refractivity contribution >= 4 is 33.6 Å². The highest BCUT2D eigenvalue weighted by Crippen LogP contribution is 2.31. The zero-order valence-electron chi connectivity index (χ0n) is 12.5. The molecule has 4 rings (SSSR count). The Morgan fingerprint density at radius 3 is 1.86 bits per heavy atom. The summed E-state index contributed by atoms with van der Waals surface area (Å²) >= 11 is 1.88. The summed E-state index contributed by atoms with van der Waals surface area (Å²) < 4.78 is 2.41. The molecule has 0 N–H and O–H groups in total. The number of thioether (sulfide) groups is 1. The Kier molecular flexibility index (Phi) is 3.39. The maximum absolute atomic E-state index is 2.41. The van der Waals surface area contributed by atoms with E-state index in [4.69, 9.17) is 0 Å². The number of fused-ring (bicyclic) bond motifs is 3. The van der Waals surface area contributed by atoms with E-state index in [9.17, 15) is 0 Å². The summed E-state index contributed by atoms with van der Waals surface area (Å²) in [4.78, 5) is 1.31. The van der Waals surface area contributed by atoms with Gasteiger partial charge in [0.2, 0.25) is 0 Å². The molecule has 0 aliphatic rings. The van der Waals surface area contributed by atoms with Crippen LogP contribution in [0.15, 0.2) is 77.7 Å². The summed E-state index contributed by atoms with van der Waals surface area (Å²) in [7, 11) is 0. The van der Waals surface area contributed by atoms with Crippen molar-refractivity contribution in [3.63, 3.8) is 0 Å². The zero-order chi connectivity index (χ0) is 14.9. The third-order valence-corrected chi connectivity index (χ3v) is 5.05. The molecule has 3 aromatic carbocycles. The number of benzene rings is 3. The Bertz CT molecular complexity index is 882. The summed E-state index contributed by atoms with van der Waals surface area (Å²) in [5, 5.41) is 2.67. The average Bonchev–Trinajstić information content (AvgIpc) is 2.89. The number of aromatic nitrogens is 1. The monoisotopic (exact) mass is 303 g/mol. The zero-order valence-corrected chi connectivity index (χ0v) is 13.3. The first kappa shape index (κ1) is 13.5. The number of nitrogens with zero attached hydrogens (tertiary/aromatic N) is 1. The molecular formula is C20H17NS. The normalized spacial score (nSPS) is 11.3. The lowest BCUT2D eigenvalue weighted by Crippen LogP contribution is -1.93. The molecule has 0 aliphatic carbocycles. The van der Waals surface area contributed by atoms with Crippen molar-refractivity contribution in [2.24, 2.45) is 0 Å². The molecule has 0 amide bonds. The third-order valence-electron chi connectivity index (χ3n) is 4.06. The van der Waals surface area contributed by atoms with Gasteiger partial charge in [-0.2, -0.15) is 0 Å². The molecule has 22 heavy (non-hydrogen) atoms. The highest BCUT2D eigenvalue weighted by atomic mass is 32.2. The Morgan fingerprint density at radius 2 is 1.27 bits per heavy atom. The number of hydrogen-bond donors (Lipinski definition) is 0. The SMILES string of the molecule is Cc1ccc(SCn2c3ccccc3c3ccccc32)cc1. The summed E-state index contributed by atoms with van der Waals surface area (Å²) in [5.74, 6) is 0.928. The first-order valence-corrected chi connectivity index (χ1v) is 8.47. The van der Waals surface area contributed by atoms with Gasteiger partial charge < -0.3 is 4.57 Å². The Morgan fingerprint density at radius 1 is 0.727 bits per heavy atom. The maximum atomic E-state index is 2.41. The molecule has 0 bridgehead atoms. The molecule has 0 saturated carbocycles. The molecule has 108 valence electrons. The number of hydrogen-bond acceptors (Lipinski definition) is 1. The van der Waals surface area contributed by atoms with E-state index in [-0.39, 0.29) is 0 Å². The molecule has 2 heteroatoms. The molecular weight excluding hydrogens is 286 g/mol. The molecule has 1 nitrogen and oxygen atoms in total. The van der Waals surface area contributed by atoms with Gasteiger partial charge in [-0.3, -0.25) is 0 Å². The Balaban J connectivity index is 1.77. The smallest absolute Gasteiger partial charge is 0.0735 e. The fourth-order valence-corrected chi connectivity index (χ4v) is 3.80. The van der Waals surface area contributed by atoms with Gasteiger partial charge >= 0.3 is 0 Å². The van der Waals surface area contributed by atoms with Crippen LogP contribution in [0.5, 0.6) is 0 Å². The molecule has 0 atom stereocenters. The second kappa shape index (κ2) is 5.54. The van der Waals surface area contributed by atoms with E-state index >= 15 is 0 Å². The molecule has 1 heterocycles. The second-order valence-corrected chi connectivity index (χ2v) is 6.57. The van der Waals surface area contributed by atoms with Gasteiger partial charge in [0.15, 0.2) is 0 Å². The van der Waals surface area contributed by atoms with Crippen molar-refractivity contribution in [1.29, 1.82) is 0 Å². The van der Waals surface area contributed by atoms with Gasteiger partial charge in [0.25, 0.3) is 0 Å². The number of para-hydroxylation sites is 2. The first-order chi connectivity index (χ1) is 10.8. The van der Waals surface area contributed by atoms with Crippen LogP contribution >= 0.6 is 11.8 Å². The lowest BCUT2D eigenvalue weighted by molar-refractivity contribution is 0.983. The molecule has 0 fully saturated rings. The summed E-state index contributed by atoms with van der Waals surface area (Å²) in [6.45, 7) is 2.13. The third kappa shape index (κ3) is 2.30. The van der Waals surface area contributed by atoms with Crippen LogP contribution in [0.4, 0.5) is 0 Å². The van der Waals surface area contributed by atoms with Crippen LogP contribution < -0.4 is 0 Å². The lowest BCUT2D eigenvalue weighted by atomic mass is 10.2. The van der Waals surface area contributed by atoms with Crippen LogP contribution in [0.2, 0.25) is 0 Å². The van der Waals surface area contributed by atoms with Crippen molar-refractivity contribution in [2.45, 2.75) is 17.7 Å². The minimum absolute atomic E-state index is 0.928. The van der Waals surface area contributed by atoms with Gasteiger partial charge in [-0.25, -0.2) is 0 Å². The van der Waals surface area contributed by atoms with Crippen LogP contribution in [0, 0.1) is 6.92 Å². The van der Waals surface area contributed by atoms with E-state index in [0.717, 1.165) is 5.88 Å². The first-order valence-electron chi connectivity index (χ1n) is 7.48. The predicted molar refractivity (Wildman–Crippen MR) is 96.5 cm³/mol. The molecule has 0 unspecified atom stereocenters. The maximum Gasteiger partial charge on any atom is 0.0735 e. The van der Waals surface area contributed by atoms with Gasteiger partial charge in [0.1, 0.15) is 0 Å². The van der Waals surface area contributed by atoms with Crippen LogP contribution in [-0.4, -0.2) is 4.57 Å². The van der Waals surface area contributed by atoms with Crippen molar-refractivity contribution < 1.29 is 0 Å². The Labute approximate surface area is 134 Å². The van der Waals surface area contributed by atoms with Gasteiger partial charge in [-0.1, -0.05) is 54.1 Å². The van der Waals surface area contributed by atoms with E-state index in [1.54, 1.807) is 0 Å². The van der Waals surface area contributed by atoms with E-state index in [1.165, 1.54) is 32.3 Å². The molecule has 0 radical (unpaired) electrons. The predicted octanol–water partition coefficient (Wildman–Crippen LogP) is 5.85. The minimum Gasteiger partial charge on any atom is -0.330 e. The summed E-state index contributed by atoms with van der Waals surface area (Å²) in [6.07, 6.45) is 0. The van der Waals surface area contributed by atoms with Gasteiger partial charge in [-0.15, -0.1) is 11.8 Å². The summed E-state index contributed by atoms with van der Waals surface area (Å²) in [6, 6.07) is 26.1. The van der Waals surface area contributed by atoms with Crippen LogP contribution in [0.3, 0.4) is 0 Å². The van der Waals surface area contributed by atoms with Gasteiger partial charge in [0, 0.05) is 26.7 Å². The van der Waals surface area contributed by atoms with Crippen molar-refractivity contribution in [3.05, 3.63) is 78.4 Å². The molecule has 0 spiro atoms. The highest BCUT2D eigenvalue weighted by Gasteiger charge is 2.09. The van der Waals surface area contributed by atoms with Gasteiger partial charge in [-0.05, 0) is 31.2 Å².